The van der Waals surface area contributed by atoms with Crippen LogP contribution in [0.1, 0.15) is 5.56 Å². The SMILES string of the molecule is O=[N+]([O-])/C=C\c1cc(O)ccc1OC(F)F. The van der Waals surface area contributed by atoms with Crippen LogP contribution in [-0.4, -0.2) is 16.6 Å². The smallest absolute Gasteiger partial charge is 0.387 e. The highest BCUT2D eigenvalue weighted by Crippen LogP contribution is 2.26. The summed E-state index contributed by atoms with van der Waals surface area (Å²) >= 11 is 0. The van der Waals surface area contributed by atoms with Gasteiger partial charge in [-0.1, -0.05) is 0 Å². The van der Waals surface area contributed by atoms with Crippen LogP contribution in [0.25, 0.3) is 6.08 Å². The molecule has 5 nitrogen and oxygen atoms in total. The van der Waals surface area contributed by atoms with Crippen LogP contribution >= 0.6 is 0 Å². The molecule has 0 aliphatic rings. The van der Waals surface area contributed by atoms with Gasteiger partial charge in [-0.05, 0) is 18.2 Å². The zero-order valence-electron chi connectivity index (χ0n) is 7.84. The summed E-state index contributed by atoms with van der Waals surface area (Å²) in [5.41, 5.74) is -0.00278. The molecule has 0 aliphatic carbocycles. The molecule has 0 heterocycles. The summed E-state index contributed by atoms with van der Waals surface area (Å²) in [7, 11) is 0. The molecule has 1 aromatic carbocycles. The third-order valence-electron chi connectivity index (χ3n) is 1.59. The Balaban J connectivity index is 3.03. The van der Waals surface area contributed by atoms with Crippen molar-refractivity contribution in [1.82, 2.24) is 0 Å². The number of rotatable bonds is 4. The fourth-order valence-corrected chi connectivity index (χ4v) is 1.01. The maximum absolute atomic E-state index is 12.0. The largest absolute Gasteiger partial charge is 0.508 e. The Hall–Kier alpha value is -2.18. The van der Waals surface area contributed by atoms with Gasteiger partial charge in [0.25, 0.3) is 0 Å². The van der Waals surface area contributed by atoms with E-state index >= 15 is 0 Å². The van der Waals surface area contributed by atoms with Crippen LogP contribution in [0.15, 0.2) is 24.4 Å². The van der Waals surface area contributed by atoms with Crippen LogP contribution in [0, 0.1) is 10.1 Å². The first-order valence-corrected chi connectivity index (χ1v) is 4.08. The number of phenols is 1. The van der Waals surface area contributed by atoms with Crippen molar-refractivity contribution < 1.29 is 23.5 Å². The number of halogens is 2. The van der Waals surface area contributed by atoms with Gasteiger partial charge >= 0.3 is 6.61 Å². The van der Waals surface area contributed by atoms with Crippen molar-refractivity contribution >= 4 is 6.08 Å². The van der Waals surface area contributed by atoms with Gasteiger partial charge in [-0.25, -0.2) is 0 Å². The molecule has 0 aromatic heterocycles. The van der Waals surface area contributed by atoms with Crippen molar-refractivity contribution in [2.45, 2.75) is 6.61 Å². The molecule has 0 saturated carbocycles. The molecule has 0 saturated heterocycles. The summed E-state index contributed by atoms with van der Waals surface area (Å²) < 4.78 is 28.0. The van der Waals surface area contributed by atoms with E-state index in [1.54, 1.807) is 0 Å². The molecule has 0 radical (unpaired) electrons. The summed E-state index contributed by atoms with van der Waals surface area (Å²) in [5.74, 6) is -0.449. The predicted octanol–water partition coefficient (Wildman–Crippen LogP) is 2.24. The number of hydrogen-bond donors (Lipinski definition) is 1. The molecule has 0 spiro atoms. The second-order valence-corrected chi connectivity index (χ2v) is 2.70. The molecule has 0 bridgehead atoms. The highest BCUT2D eigenvalue weighted by atomic mass is 19.3. The van der Waals surface area contributed by atoms with Gasteiger partial charge in [0.1, 0.15) is 11.5 Å². The van der Waals surface area contributed by atoms with Crippen LogP contribution in [-0.2, 0) is 0 Å². The van der Waals surface area contributed by atoms with Crippen LogP contribution in [0.3, 0.4) is 0 Å². The average molecular weight is 231 g/mol. The van der Waals surface area contributed by atoms with E-state index < -0.39 is 11.5 Å². The molecule has 0 atom stereocenters. The van der Waals surface area contributed by atoms with E-state index in [4.69, 9.17) is 5.11 Å². The molecule has 0 fully saturated rings. The first-order valence-electron chi connectivity index (χ1n) is 4.08. The Bertz CT molecular complexity index is 420. The van der Waals surface area contributed by atoms with Crippen molar-refractivity contribution in [3.63, 3.8) is 0 Å². The molecular formula is C9H7F2NO4. The molecule has 0 unspecified atom stereocenters. The third-order valence-corrected chi connectivity index (χ3v) is 1.59. The van der Waals surface area contributed by atoms with Gasteiger partial charge in [0, 0.05) is 11.6 Å². The van der Waals surface area contributed by atoms with E-state index in [-0.39, 0.29) is 17.1 Å². The van der Waals surface area contributed by atoms with Crippen molar-refractivity contribution in [3.8, 4) is 11.5 Å². The number of benzene rings is 1. The van der Waals surface area contributed by atoms with E-state index in [2.05, 4.69) is 4.74 Å². The Morgan fingerprint density at radius 2 is 2.19 bits per heavy atom. The minimum Gasteiger partial charge on any atom is -0.508 e. The maximum atomic E-state index is 12.0. The zero-order chi connectivity index (χ0) is 12.1. The van der Waals surface area contributed by atoms with E-state index in [1.165, 1.54) is 0 Å². The van der Waals surface area contributed by atoms with Crippen molar-refractivity contribution in [1.29, 1.82) is 0 Å². The van der Waals surface area contributed by atoms with Gasteiger partial charge < -0.3 is 9.84 Å². The van der Waals surface area contributed by atoms with Crippen LogP contribution in [0.4, 0.5) is 8.78 Å². The van der Waals surface area contributed by atoms with Crippen LogP contribution in [0.2, 0.25) is 0 Å². The predicted molar refractivity (Wildman–Crippen MR) is 50.8 cm³/mol. The standard InChI is InChI=1S/C9H7F2NO4/c10-9(11)16-8-2-1-7(13)5-6(8)3-4-12(14)15/h1-5,9,13H/b4-3-. The van der Waals surface area contributed by atoms with E-state index in [0.29, 0.717) is 6.20 Å². The van der Waals surface area contributed by atoms with Gasteiger partial charge in [0.15, 0.2) is 0 Å². The topological polar surface area (TPSA) is 72.6 Å². The summed E-state index contributed by atoms with van der Waals surface area (Å²) in [5, 5.41) is 19.1. The Labute approximate surface area is 88.7 Å². The molecule has 16 heavy (non-hydrogen) atoms. The van der Waals surface area contributed by atoms with Gasteiger partial charge in [0.05, 0.1) is 4.92 Å². The van der Waals surface area contributed by atoms with Gasteiger partial charge in [-0.15, -0.1) is 0 Å². The number of nitrogens with zero attached hydrogens (tertiary/aromatic N) is 1. The summed E-state index contributed by atoms with van der Waals surface area (Å²) in [4.78, 5) is 9.30. The first-order chi connectivity index (χ1) is 7.49. The fourth-order valence-electron chi connectivity index (χ4n) is 1.01. The normalized spacial score (nSPS) is 10.9. The molecule has 7 heteroatoms. The lowest BCUT2D eigenvalue weighted by molar-refractivity contribution is -0.400. The summed E-state index contributed by atoms with van der Waals surface area (Å²) in [6, 6.07) is 3.32. The fraction of sp³-hybridized carbons (Fsp3) is 0.111. The molecule has 1 N–H and O–H groups in total. The van der Waals surface area contributed by atoms with Crippen molar-refractivity contribution in [2.75, 3.05) is 0 Å². The molecule has 0 amide bonds. The summed E-state index contributed by atoms with van der Waals surface area (Å²) in [6.07, 6.45) is 1.52. The lowest BCUT2D eigenvalue weighted by atomic mass is 10.2. The number of hydrogen-bond acceptors (Lipinski definition) is 4. The van der Waals surface area contributed by atoms with Crippen LogP contribution in [0.5, 0.6) is 11.5 Å². The second kappa shape index (κ2) is 5.06. The average Bonchev–Trinajstić information content (AvgIpc) is 2.17. The summed E-state index contributed by atoms with van der Waals surface area (Å²) in [6.45, 7) is -3.03. The van der Waals surface area contributed by atoms with Gasteiger partial charge in [-0.2, -0.15) is 8.78 Å². The number of aromatic hydroxyl groups is 1. The number of alkyl halides is 2. The first kappa shape index (κ1) is 11.9. The van der Waals surface area contributed by atoms with Crippen molar-refractivity contribution in [3.05, 3.63) is 40.1 Å². The Kier molecular flexibility index (Phi) is 3.76. The highest BCUT2D eigenvalue weighted by Gasteiger charge is 2.09. The monoisotopic (exact) mass is 231 g/mol. The minimum absolute atomic E-state index is 0.00278. The lowest BCUT2D eigenvalue weighted by Gasteiger charge is -2.07. The minimum atomic E-state index is -3.03. The quantitative estimate of drug-likeness (QED) is 0.637. The van der Waals surface area contributed by atoms with E-state index in [9.17, 15) is 18.9 Å². The second-order valence-electron chi connectivity index (χ2n) is 2.70. The lowest BCUT2D eigenvalue weighted by Crippen LogP contribution is -2.03. The maximum Gasteiger partial charge on any atom is 0.387 e. The number of nitro groups is 1. The van der Waals surface area contributed by atoms with E-state index in [1.807, 2.05) is 0 Å². The van der Waals surface area contributed by atoms with E-state index in [0.717, 1.165) is 24.3 Å². The number of ether oxygens (including phenoxy) is 1. The Morgan fingerprint density at radius 3 is 2.75 bits per heavy atom. The third kappa shape index (κ3) is 3.52. The van der Waals surface area contributed by atoms with Gasteiger partial charge in [0.2, 0.25) is 6.20 Å². The highest BCUT2D eigenvalue weighted by molar-refractivity contribution is 5.58. The van der Waals surface area contributed by atoms with Gasteiger partial charge in [-0.3, -0.25) is 10.1 Å². The molecule has 86 valence electrons. The van der Waals surface area contributed by atoms with Crippen LogP contribution < -0.4 is 4.74 Å². The molecule has 1 rings (SSSR count). The molecular weight excluding hydrogens is 224 g/mol. The Morgan fingerprint density at radius 1 is 1.50 bits per heavy atom. The molecule has 1 aromatic rings. The zero-order valence-corrected chi connectivity index (χ0v) is 7.84. The molecule has 0 aliphatic heterocycles. The van der Waals surface area contributed by atoms with Crippen molar-refractivity contribution in [2.24, 2.45) is 0 Å². The number of phenolic OH excluding ortho intramolecular Hbond substituents is 1.